The Kier molecular flexibility index (Phi) is 5.10. The van der Waals surface area contributed by atoms with E-state index >= 15 is 0 Å². The first-order valence-corrected chi connectivity index (χ1v) is 9.20. The van der Waals surface area contributed by atoms with Crippen LogP contribution in [0.15, 0.2) is 59.2 Å². The Hall–Kier alpha value is -3.88. The Morgan fingerprint density at radius 1 is 1.21 bits per heavy atom. The number of nitrogen functional groups attached to an aromatic ring is 1. The Morgan fingerprint density at radius 3 is 2.76 bits per heavy atom. The van der Waals surface area contributed by atoms with Crippen molar-refractivity contribution in [2.45, 2.75) is 13.5 Å². The maximum atomic E-state index is 11.3. The SMILES string of the molecule is CC(=O)NCCN(Cc1ccccc1)c1cc(N)n2nc(-c3ccco3)nc2n1. The van der Waals surface area contributed by atoms with E-state index in [0.717, 1.165) is 5.56 Å². The second-order valence-electron chi connectivity index (χ2n) is 6.55. The number of nitrogens with two attached hydrogens (primary N) is 1. The zero-order valence-corrected chi connectivity index (χ0v) is 15.9. The Bertz CT molecular complexity index is 1110. The van der Waals surface area contributed by atoms with E-state index in [1.54, 1.807) is 24.5 Å². The minimum Gasteiger partial charge on any atom is -0.461 e. The van der Waals surface area contributed by atoms with Gasteiger partial charge in [-0.2, -0.15) is 14.5 Å². The molecule has 0 saturated carbocycles. The molecule has 0 atom stereocenters. The largest absolute Gasteiger partial charge is 0.461 e. The lowest BCUT2D eigenvalue weighted by Gasteiger charge is -2.24. The number of furan rings is 1. The fourth-order valence-electron chi connectivity index (χ4n) is 3.00. The fourth-order valence-corrected chi connectivity index (χ4v) is 3.00. The number of carbonyl (C=O) groups excluding carboxylic acids is 1. The molecule has 1 amide bonds. The van der Waals surface area contributed by atoms with Gasteiger partial charge in [0.05, 0.1) is 6.26 Å². The standard InChI is InChI=1S/C20H21N7O2/c1-14(28)22-9-10-26(13-15-6-3-2-4-7-15)18-12-17(21)27-20(23-18)24-19(25-27)16-8-5-11-29-16/h2-8,11-12H,9-10,13,21H2,1H3,(H,22,28). The highest BCUT2D eigenvalue weighted by molar-refractivity contribution is 5.72. The first kappa shape index (κ1) is 18.5. The van der Waals surface area contributed by atoms with E-state index in [1.165, 1.54) is 11.4 Å². The van der Waals surface area contributed by atoms with Gasteiger partial charge in [-0.05, 0) is 17.7 Å². The van der Waals surface area contributed by atoms with Crippen molar-refractivity contribution in [3.63, 3.8) is 0 Å². The molecule has 0 aliphatic rings. The Balaban J connectivity index is 1.67. The molecule has 0 radical (unpaired) electrons. The van der Waals surface area contributed by atoms with Crippen LogP contribution in [0.4, 0.5) is 11.6 Å². The molecule has 3 heterocycles. The summed E-state index contributed by atoms with van der Waals surface area (Å²) < 4.78 is 6.85. The molecule has 29 heavy (non-hydrogen) atoms. The number of aromatic nitrogens is 4. The number of anilines is 2. The molecule has 9 nitrogen and oxygen atoms in total. The van der Waals surface area contributed by atoms with E-state index in [-0.39, 0.29) is 5.91 Å². The number of amides is 1. The molecule has 0 aliphatic carbocycles. The second-order valence-corrected chi connectivity index (χ2v) is 6.55. The van der Waals surface area contributed by atoms with Gasteiger partial charge in [0.25, 0.3) is 5.78 Å². The summed E-state index contributed by atoms with van der Waals surface area (Å²) in [5.74, 6) is 2.33. The molecule has 3 aromatic heterocycles. The lowest BCUT2D eigenvalue weighted by molar-refractivity contribution is -0.118. The minimum atomic E-state index is -0.0758. The van der Waals surface area contributed by atoms with Gasteiger partial charge in [-0.25, -0.2) is 0 Å². The molecule has 148 valence electrons. The third-order valence-corrected chi connectivity index (χ3v) is 4.36. The van der Waals surface area contributed by atoms with Crippen LogP contribution in [0.25, 0.3) is 17.4 Å². The summed E-state index contributed by atoms with van der Waals surface area (Å²) in [6, 6.07) is 15.3. The van der Waals surface area contributed by atoms with Crippen molar-refractivity contribution in [1.82, 2.24) is 24.9 Å². The van der Waals surface area contributed by atoms with Crippen LogP contribution in [0.1, 0.15) is 12.5 Å². The molecule has 0 spiro atoms. The van der Waals surface area contributed by atoms with Gasteiger partial charge >= 0.3 is 0 Å². The second kappa shape index (κ2) is 8.01. The van der Waals surface area contributed by atoms with E-state index in [9.17, 15) is 4.79 Å². The summed E-state index contributed by atoms with van der Waals surface area (Å²) in [7, 11) is 0. The van der Waals surface area contributed by atoms with Crippen molar-refractivity contribution < 1.29 is 9.21 Å². The van der Waals surface area contributed by atoms with Gasteiger partial charge in [-0.3, -0.25) is 4.79 Å². The van der Waals surface area contributed by atoms with Crippen LogP contribution in [0, 0.1) is 0 Å². The average Bonchev–Trinajstić information content (AvgIpc) is 3.37. The summed E-state index contributed by atoms with van der Waals surface area (Å²) in [5.41, 5.74) is 7.34. The zero-order chi connectivity index (χ0) is 20.2. The molecule has 0 fully saturated rings. The van der Waals surface area contributed by atoms with Crippen molar-refractivity contribution in [1.29, 1.82) is 0 Å². The van der Waals surface area contributed by atoms with Crippen molar-refractivity contribution in [2.24, 2.45) is 0 Å². The van der Waals surface area contributed by atoms with Crippen LogP contribution in [0.3, 0.4) is 0 Å². The van der Waals surface area contributed by atoms with Gasteiger partial charge in [-0.1, -0.05) is 30.3 Å². The van der Waals surface area contributed by atoms with Crippen molar-refractivity contribution in [3.05, 3.63) is 60.4 Å². The maximum Gasteiger partial charge on any atom is 0.256 e. The van der Waals surface area contributed by atoms with E-state index in [4.69, 9.17) is 10.2 Å². The molecule has 3 N–H and O–H groups in total. The van der Waals surface area contributed by atoms with Crippen LogP contribution >= 0.6 is 0 Å². The predicted octanol–water partition coefficient (Wildman–Crippen LogP) is 2.11. The van der Waals surface area contributed by atoms with Gasteiger partial charge in [0, 0.05) is 32.6 Å². The Labute approximate surface area is 167 Å². The van der Waals surface area contributed by atoms with Gasteiger partial charge in [-0.15, -0.1) is 5.10 Å². The topological polar surface area (TPSA) is 115 Å². The van der Waals surface area contributed by atoms with Crippen molar-refractivity contribution in [2.75, 3.05) is 23.7 Å². The van der Waals surface area contributed by atoms with Crippen LogP contribution in [-0.2, 0) is 11.3 Å². The molecule has 4 aromatic rings. The normalized spacial score (nSPS) is 10.9. The quantitative estimate of drug-likeness (QED) is 0.496. The number of hydrogen-bond donors (Lipinski definition) is 2. The number of nitrogens with one attached hydrogen (secondary N) is 1. The number of benzene rings is 1. The summed E-state index contributed by atoms with van der Waals surface area (Å²) in [5, 5.41) is 7.19. The molecule has 4 rings (SSSR count). The van der Waals surface area contributed by atoms with Crippen molar-refractivity contribution >= 4 is 23.3 Å². The highest BCUT2D eigenvalue weighted by Gasteiger charge is 2.16. The van der Waals surface area contributed by atoms with E-state index < -0.39 is 0 Å². The first-order valence-electron chi connectivity index (χ1n) is 9.20. The molecular weight excluding hydrogens is 370 g/mol. The van der Waals surface area contributed by atoms with E-state index in [1.807, 2.05) is 35.2 Å². The third-order valence-electron chi connectivity index (χ3n) is 4.36. The highest BCUT2D eigenvalue weighted by atomic mass is 16.3. The lowest BCUT2D eigenvalue weighted by atomic mass is 10.2. The van der Waals surface area contributed by atoms with Gasteiger partial charge in [0.1, 0.15) is 11.6 Å². The monoisotopic (exact) mass is 391 g/mol. The zero-order valence-electron chi connectivity index (χ0n) is 15.9. The van der Waals surface area contributed by atoms with Gasteiger partial charge < -0.3 is 20.4 Å². The van der Waals surface area contributed by atoms with E-state index in [0.29, 0.717) is 48.6 Å². The fraction of sp³-hybridized carbons (Fsp3) is 0.200. The molecule has 0 aliphatic heterocycles. The first-order chi connectivity index (χ1) is 14.1. The molecule has 0 bridgehead atoms. The average molecular weight is 391 g/mol. The molecule has 0 saturated heterocycles. The van der Waals surface area contributed by atoms with Crippen LogP contribution in [0.2, 0.25) is 0 Å². The minimum absolute atomic E-state index is 0.0758. The van der Waals surface area contributed by atoms with Crippen LogP contribution < -0.4 is 16.0 Å². The van der Waals surface area contributed by atoms with Crippen LogP contribution in [0.5, 0.6) is 0 Å². The number of fused-ring (bicyclic) bond motifs is 1. The summed E-state index contributed by atoms with van der Waals surface area (Å²) in [6.45, 7) is 3.16. The number of hydrogen-bond acceptors (Lipinski definition) is 7. The summed E-state index contributed by atoms with van der Waals surface area (Å²) in [4.78, 5) is 22.4. The highest BCUT2D eigenvalue weighted by Crippen LogP contribution is 2.22. The third kappa shape index (κ3) is 4.18. The number of rotatable bonds is 7. The van der Waals surface area contributed by atoms with Gasteiger partial charge in [0.2, 0.25) is 11.7 Å². The van der Waals surface area contributed by atoms with Crippen LogP contribution in [-0.4, -0.2) is 38.6 Å². The predicted molar refractivity (Wildman–Crippen MR) is 109 cm³/mol. The summed E-state index contributed by atoms with van der Waals surface area (Å²) in [6.07, 6.45) is 1.56. The Morgan fingerprint density at radius 2 is 2.03 bits per heavy atom. The number of nitrogens with zero attached hydrogens (tertiary/aromatic N) is 5. The number of carbonyl (C=O) groups is 1. The van der Waals surface area contributed by atoms with E-state index in [2.05, 4.69) is 20.4 Å². The molecule has 0 unspecified atom stereocenters. The maximum absolute atomic E-state index is 11.3. The molecule has 1 aromatic carbocycles. The molecular formula is C20H21N7O2. The smallest absolute Gasteiger partial charge is 0.256 e. The lowest BCUT2D eigenvalue weighted by Crippen LogP contribution is -2.34. The molecule has 9 heteroatoms. The van der Waals surface area contributed by atoms with Crippen molar-refractivity contribution in [3.8, 4) is 11.6 Å². The van der Waals surface area contributed by atoms with Gasteiger partial charge in [0.15, 0.2) is 5.76 Å². The summed E-state index contributed by atoms with van der Waals surface area (Å²) >= 11 is 0.